The van der Waals surface area contributed by atoms with Crippen LogP contribution in [0.3, 0.4) is 0 Å². The first-order chi connectivity index (χ1) is 11.0. The van der Waals surface area contributed by atoms with E-state index in [0.29, 0.717) is 30.4 Å². The fraction of sp³-hybridized carbons (Fsp3) is 0.684. The Balaban J connectivity index is 2.01. The molecule has 2 rings (SSSR count). The van der Waals surface area contributed by atoms with Crippen molar-refractivity contribution in [3.05, 3.63) is 23.3 Å². The van der Waals surface area contributed by atoms with Crippen molar-refractivity contribution >= 4 is 27.7 Å². The second-order valence-corrected chi connectivity index (χ2v) is 7.69. The Morgan fingerprint density at radius 3 is 2.74 bits per heavy atom. The number of esters is 1. The van der Waals surface area contributed by atoms with Crippen LogP contribution in [0.2, 0.25) is 0 Å². The highest BCUT2D eigenvalue weighted by atomic mass is 79.9. The van der Waals surface area contributed by atoms with Gasteiger partial charge in [0.15, 0.2) is 5.78 Å². The number of ketones is 1. The molecule has 0 aromatic carbocycles. The maximum absolute atomic E-state index is 12.2. The molecule has 0 bridgehead atoms. The van der Waals surface area contributed by atoms with Gasteiger partial charge >= 0.3 is 5.97 Å². The zero-order valence-corrected chi connectivity index (χ0v) is 15.8. The first-order valence-electron chi connectivity index (χ1n) is 8.60. The van der Waals surface area contributed by atoms with Crippen molar-refractivity contribution < 1.29 is 14.3 Å². The molecule has 2 aliphatic carbocycles. The van der Waals surface area contributed by atoms with Crippen LogP contribution in [0, 0.1) is 17.8 Å². The number of ether oxygens (including phenoxy) is 1. The van der Waals surface area contributed by atoms with Gasteiger partial charge < -0.3 is 4.74 Å². The van der Waals surface area contributed by atoms with Crippen LogP contribution < -0.4 is 0 Å². The maximum Gasteiger partial charge on any atom is 0.333 e. The summed E-state index contributed by atoms with van der Waals surface area (Å²) in [5, 5.41) is 0.925. The van der Waals surface area contributed by atoms with E-state index in [-0.39, 0.29) is 17.7 Å². The number of carbonyl (C=O) groups excluding carboxylic acids is 2. The van der Waals surface area contributed by atoms with Gasteiger partial charge in [-0.05, 0) is 62.4 Å². The molecule has 0 N–H and O–H groups in total. The van der Waals surface area contributed by atoms with Crippen molar-refractivity contribution in [1.29, 1.82) is 0 Å². The Labute approximate surface area is 147 Å². The molecule has 0 radical (unpaired) electrons. The van der Waals surface area contributed by atoms with E-state index in [9.17, 15) is 9.59 Å². The number of hydrogen-bond acceptors (Lipinski definition) is 3. The number of rotatable bonds is 6. The van der Waals surface area contributed by atoms with Crippen molar-refractivity contribution in [3.63, 3.8) is 0 Å². The highest BCUT2D eigenvalue weighted by molar-refractivity contribution is 9.09. The van der Waals surface area contributed by atoms with E-state index in [1.165, 1.54) is 5.57 Å². The molecule has 0 aliphatic heterocycles. The van der Waals surface area contributed by atoms with Crippen molar-refractivity contribution in [1.82, 2.24) is 0 Å². The summed E-state index contributed by atoms with van der Waals surface area (Å²) in [6, 6.07) is 0. The number of hydrogen-bond donors (Lipinski definition) is 0. The minimum atomic E-state index is -0.266. The lowest BCUT2D eigenvalue weighted by Gasteiger charge is -2.19. The Hall–Kier alpha value is -0.900. The SMILES string of the molecule is C=C(C(=O)OCCCCBr)C1CC[C@@H](C)[C@H]2CC(=O)C(C)=C2C1. The molecule has 23 heavy (non-hydrogen) atoms. The summed E-state index contributed by atoms with van der Waals surface area (Å²) in [5.74, 6) is 0.995. The van der Waals surface area contributed by atoms with Gasteiger partial charge in [0.1, 0.15) is 0 Å². The molecule has 2 aliphatic rings. The standard InChI is InChI=1S/C19H27BrO3/c1-12-6-7-15(10-17-14(3)18(21)11-16(12)17)13(2)19(22)23-9-5-4-8-20/h12,15-16H,2,4-11H2,1,3H3/t12-,15?,16-/m1/s1. The van der Waals surface area contributed by atoms with Crippen LogP contribution in [0.1, 0.15) is 52.4 Å². The first kappa shape index (κ1) is 18.4. The lowest BCUT2D eigenvalue weighted by atomic mass is 9.86. The Bertz CT molecular complexity index is 521. The van der Waals surface area contributed by atoms with Crippen molar-refractivity contribution in [2.24, 2.45) is 17.8 Å². The van der Waals surface area contributed by atoms with Gasteiger partial charge in [-0.1, -0.05) is 35.0 Å². The van der Waals surface area contributed by atoms with Gasteiger partial charge in [0.05, 0.1) is 6.61 Å². The Morgan fingerprint density at radius 2 is 2.04 bits per heavy atom. The zero-order chi connectivity index (χ0) is 17.0. The van der Waals surface area contributed by atoms with Crippen LogP contribution in [0.4, 0.5) is 0 Å². The quantitative estimate of drug-likeness (QED) is 0.291. The average Bonchev–Trinajstić information content (AvgIpc) is 2.71. The predicted octanol–water partition coefficient (Wildman–Crippen LogP) is 4.60. The molecule has 0 amide bonds. The molecule has 1 saturated carbocycles. The summed E-state index contributed by atoms with van der Waals surface area (Å²) in [4.78, 5) is 24.3. The van der Waals surface area contributed by atoms with Crippen LogP contribution in [0.25, 0.3) is 0 Å². The highest BCUT2D eigenvalue weighted by Crippen LogP contribution is 2.45. The lowest BCUT2D eigenvalue weighted by Crippen LogP contribution is -2.16. The van der Waals surface area contributed by atoms with E-state index in [1.807, 2.05) is 6.92 Å². The molecule has 0 heterocycles. The van der Waals surface area contributed by atoms with E-state index in [1.54, 1.807) is 0 Å². The van der Waals surface area contributed by atoms with E-state index in [4.69, 9.17) is 4.74 Å². The summed E-state index contributed by atoms with van der Waals surface area (Å²) >= 11 is 3.37. The molecule has 1 unspecified atom stereocenters. The number of unbranched alkanes of at least 4 members (excludes halogenated alkanes) is 1. The van der Waals surface area contributed by atoms with Crippen LogP contribution >= 0.6 is 15.9 Å². The van der Waals surface area contributed by atoms with Crippen molar-refractivity contribution in [2.75, 3.05) is 11.9 Å². The topological polar surface area (TPSA) is 43.4 Å². The van der Waals surface area contributed by atoms with Crippen LogP contribution in [-0.2, 0) is 14.3 Å². The normalized spacial score (nSPS) is 27.6. The highest BCUT2D eigenvalue weighted by Gasteiger charge is 2.38. The maximum atomic E-state index is 12.2. The molecule has 0 aromatic heterocycles. The number of allylic oxidation sites excluding steroid dienone is 2. The summed E-state index contributed by atoms with van der Waals surface area (Å²) in [7, 11) is 0. The molecule has 4 heteroatoms. The van der Waals surface area contributed by atoms with Crippen molar-refractivity contribution in [3.8, 4) is 0 Å². The number of Topliss-reactive ketones (excluding diaryl/α,β-unsaturated/α-hetero) is 1. The smallest absolute Gasteiger partial charge is 0.333 e. The molecule has 0 spiro atoms. The van der Waals surface area contributed by atoms with Gasteiger partial charge in [-0.25, -0.2) is 4.79 Å². The molecule has 128 valence electrons. The number of halogens is 1. The van der Waals surface area contributed by atoms with Gasteiger partial charge in [-0.2, -0.15) is 0 Å². The molecule has 3 atom stereocenters. The monoisotopic (exact) mass is 382 g/mol. The summed E-state index contributed by atoms with van der Waals surface area (Å²) < 4.78 is 5.34. The third-order valence-corrected chi connectivity index (χ3v) is 5.95. The van der Waals surface area contributed by atoms with E-state index < -0.39 is 0 Å². The predicted molar refractivity (Wildman–Crippen MR) is 95.4 cm³/mol. The zero-order valence-electron chi connectivity index (χ0n) is 14.2. The molecular weight excluding hydrogens is 356 g/mol. The summed E-state index contributed by atoms with van der Waals surface area (Å²) in [6.07, 6.45) is 5.30. The van der Waals surface area contributed by atoms with Gasteiger partial charge in [0.25, 0.3) is 0 Å². The Kier molecular flexibility index (Phi) is 6.63. The lowest BCUT2D eigenvalue weighted by molar-refractivity contribution is -0.139. The van der Waals surface area contributed by atoms with E-state index in [2.05, 4.69) is 29.4 Å². The van der Waals surface area contributed by atoms with Crippen LogP contribution in [0.5, 0.6) is 0 Å². The fourth-order valence-corrected chi connectivity index (χ4v) is 4.13. The van der Waals surface area contributed by atoms with Crippen LogP contribution in [-0.4, -0.2) is 23.7 Å². The molecule has 0 aromatic rings. The number of carbonyl (C=O) groups is 2. The number of fused-ring (bicyclic) bond motifs is 1. The second kappa shape index (κ2) is 8.27. The van der Waals surface area contributed by atoms with Crippen LogP contribution in [0.15, 0.2) is 23.3 Å². The minimum Gasteiger partial charge on any atom is -0.462 e. The Morgan fingerprint density at radius 1 is 1.30 bits per heavy atom. The molecule has 1 fully saturated rings. The second-order valence-electron chi connectivity index (χ2n) is 6.90. The third-order valence-electron chi connectivity index (χ3n) is 5.39. The average molecular weight is 383 g/mol. The summed E-state index contributed by atoms with van der Waals surface area (Å²) in [6.45, 7) is 8.63. The van der Waals surface area contributed by atoms with Gasteiger partial charge in [-0.15, -0.1) is 0 Å². The van der Waals surface area contributed by atoms with Gasteiger partial charge in [0.2, 0.25) is 0 Å². The molecular formula is C19H27BrO3. The fourth-order valence-electron chi connectivity index (χ4n) is 3.73. The van der Waals surface area contributed by atoms with Gasteiger partial charge in [-0.3, -0.25) is 4.79 Å². The largest absolute Gasteiger partial charge is 0.462 e. The van der Waals surface area contributed by atoms with Crippen molar-refractivity contribution in [2.45, 2.75) is 52.4 Å². The number of alkyl halides is 1. The van der Waals surface area contributed by atoms with Gasteiger partial charge in [0, 0.05) is 17.3 Å². The minimum absolute atomic E-state index is 0.113. The first-order valence-corrected chi connectivity index (χ1v) is 9.72. The molecule has 0 saturated heterocycles. The third kappa shape index (κ3) is 4.34. The summed E-state index contributed by atoms with van der Waals surface area (Å²) in [5.41, 5.74) is 2.77. The molecule has 3 nitrogen and oxygen atoms in total. The van der Waals surface area contributed by atoms with E-state index in [0.717, 1.165) is 43.0 Å². The van der Waals surface area contributed by atoms with E-state index >= 15 is 0 Å².